The molecule has 0 aromatic heterocycles. The first-order chi connectivity index (χ1) is 13.2. The van der Waals surface area contributed by atoms with Crippen LogP contribution in [0, 0.1) is 0 Å². The quantitative estimate of drug-likeness (QED) is 0.328. The van der Waals surface area contributed by atoms with E-state index in [0.29, 0.717) is 28.6 Å². The molecule has 0 spiro atoms. The van der Waals surface area contributed by atoms with Gasteiger partial charge in [-0.25, -0.2) is 0 Å². The monoisotopic (exact) mass is 485 g/mol. The van der Waals surface area contributed by atoms with Gasteiger partial charge in [-0.3, -0.25) is 14.4 Å². The number of hydrogen-bond donors (Lipinski definition) is 3. The van der Waals surface area contributed by atoms with E-state index in [1.165, 1.54) is 13.8 Å². The molecule has 3 N–H and O–H groups in total. The fraction of sp³-hybridized carbons (Fsp3) is 0.421. The van der Waals surface area contributed by atoms with Crippen LogP contribution >= 0.6 is 40.4 Å². The van der Waals surface area contributed by atoms with Crippen molar-refractivity contribution in [3.63, 3.8) is 0 Å². The molecule has 0 saturated heterocycles. The highest BCUT2D eigenvalue weighted by molar-refractivity contribution is 9.09. The number of carbonyl (C=O) groups excluding carboxylic acids is 3. The van der Waals surface area contributed by atoms with E-state index in [9.17, 15) is 14.4 Å². The number of alkyl halides is 1. The summed E-state index contributed by atoms with van der Waals surface area (Å²) >= 11 is 13.5. The number of halogens is 1. The first kappa shape index (κ1) is 24.3. The van der Waals surface area contributed by atoms with Crippen LogP contribution in [0.5, 0.6) is 0 Å². The van der Waals surface area contributed by atoms with Gasteiger partial charge in [0.1, 0.15) is 11.6 Å². The summed E-state index contributed by atoms with van der Waals surface area (Å²) in [5.41, 5.74) is 1.74. The number of benzene rings is 1. The molecule has 1 atom stereocenters. The largest absolute Gasteiger partial charge is 0.377 e. The van der Waals surface area contributed by atoms with E-state index in [4.69, 9.17) is 24.4 Å². The standard InChI is InChI=1S/C19H24BrN3O3S2/c1-12(24)7-18(27)21-11-16(23-19(28)8-13(2)25)9-14-3-5-15(6-4-14)22-17(26)10-20/h3-6,16H,7-11H2,1-2H3,(H,21,27)(H,22,26)(H,23,28). The van der Waals surface area contributed by atoms with Crippen LogP contribution < -0.4 is 16.0 Å². The van der Waals surface area contributed by atoms with E-state index >= 15 is 0 Å². The van der Waals surface area contributed by atoms with Crippen LogP contribution in [0.25, 0.3) is 0 Å². The minimum Gasteiger partial charge on any atom is -0.377 e. The molecule has 1 aromatic rings. The second-order valence-electron chi connectivity index (χ2n) is 6.41. The van der Waals surface area contributed by atoms with Gasteiger partial charge in [-0.15, -0.1) is 0 Å². The zero-order chi connectivity index (χ0) is 21.1. The Bertz CT molecular complexity index is 738. The molecule has 0 aliphatic heterocycles. The molecule has 1 amide bonds. The van der Waals surface area contributed by atoms with Gasteiger partial charge in [0.15, 0.2) is 0 Å². The van der Waals surface area contributed by atoms with Crippen molar-refractivity contribution in [1.82, 2.24) is 10.6 Å². The third kappa shape index (κ3) is 10.6. The lowest BCUT2D eigenvalue weighted by Crippen LogP contribution is -2.44. The van der Waals surface area contributed by atoms with Gasteiger partial charge in [-0.2, -0.15) is 0 Å². The summed E-state index contributed by atoms with van der Waals surface area (Å²) < 4.78 is 0. The van der Waals surface area contributed by atoms with Crippen molar-refractivity contribution in [2.75, 3.05) is 17.2 Å². The molecular formula is C19H24BrN3O3S2. The predicted octanol–water partition coefficient (Wildman–Crippen LogP) is 2.72. The maximum absolute atomic E-state index is 11.4. The molecule has 9 heteroatoms. The highest BCUT2D eigenvalue weighted by Crippen LogP contribution is 2.12. The average molecular weight is 486 g/mol. The molecule has 0 aliphatic rings. The number of hydrogen-bond acceptors (Lipinski definition) is 5. The summed E-state index contributed by atoms with van der Waals surface area (Å²) in [6, 6.07) is 7.38. The maximum atomic E-state index is 11.4. The lowest BCUT2D eigenvalue weighted by atomic mass is 10.0. The Morgan fingerprint density at radius 3 is 2.11 bits per heavy atom. The smallest absolute Gasteiger partial charge is 0.235 e. The summed E-state index contributed by atoms with van der Waals surface area (Å²) in [6.07, 6.45) is 1.00. The molecule has 1 unspecified atom stereocenters. The highest BCUT2D eigenvalue weighted by Gasteiger charge is 2.14. The van der Waals surface area contributed by atoms with Gasteiger partial charge >= 0.3 is 0 Å². The van der Waals surface area contributed by atoms with Crippen molar-refractivity contribution in [3.8, 4) is 0 Å². The van der Waals surface area contributed by atoms with Crippen LogP contribution in [-0.4, -0.2) is 45.4 Å². The Labute approximate surface area is 184 Å². The second kappa shape index (κ2) is 12.7. The SMILES string of the molecule is CC(=O)CC(=S)NCC(Cc1ccc(NC(=O)CBr)cc1)NC(=S)CC(C)=O. The fourth-order valence-corrected chi connectivity index (χ4v) is 3.20. The first-order valence-corrected chi connectivity index (χ1v) is 10.6. The lowest BCUT2D eigenvalue weighted by molar-refractivity contribution is -0.116. The van der Waals surface area contributed by atoms with Crippen LogP contribution in [0.4, 0.5) is 5.69 Å². The minimum absolute atomic E-state index is 0.00442. The van der Waals surface area contributed by atoms with Gasteiger partial charge in [0, 0.05) is 18.3 Å². The summed E-state index contributed by atoms with van der Waals surface area (Å²) in [6.45, 7) is 3.44. The number of rotatable bonds is 11. The second-order valence-corrected chi connectivity index (χ2v) is 7.96. The van der Waals surface area contributed by atoms with Crippen LogP contribution in [0.3, 0.4) is 0 Å². The number of ketones is 2. The van der Waals surface area contributed by atoms with Crippen molar-refractivity contribution < 1.29 is 14.4 Å². The predicted molar refractivity (Wildman–Crippen MR) is 123 cm³/mol. The van der Waals surface area contributed by atoms with Gasteiger partial charge in [-0.05, 0) is 38.0 Å². The number of Topliss-reactive ketones (excluding diaryl/α,β-unsaturated/α-hetero) is 2. The fourth-order valence-electron chi connectivity index (χ4n) is 2.41. The summed E-state index contributed by atoms with van der Waals surface area (Å²) in [5, 5.41) is 9.27. The van der Waals surface area contributed by atoms with E-state index in [2.05, 4.69) is 31.9 Å². The molecule has 152 valence electrons. The molecular weight excluding hydrogens is 462 g/mol. The lowest BCUT2D eigenvalue weighted by Gasteiger charge is -2.21. The molecule has 0 aliphatic carbocycles. The number of anilines is 1. The van der Waals surface area contributed by atoms with Crippen molar-refractivity contribution in [2.45, 2.75) is 39.2 Å². The maximum Gasteiger partial charge on any atom is 0.235 e. The van der Waals surface area contributed by atoms with E-state index in [-0.39, 0.29) is 41.7 Å². The highest BCUT2D eigenvalue weighted by atomic mass is 79.9. The van der Waals surface area contributed by atoms with Crippen molar-refractivity contribution >= 4 is 73.5 Å². The van der Waals surface area contributed by atoms with Crippen LogP contribution in [0.2, 0.25) is 0 Å². The number of thiocarbonyl (C=S) groups is 2. The van der Waals surface area contributed by atoms with E-state index < -0.39 is 0 Å². The molecule has 0 fully saturated rings. The molecule has 28 heavy (non-hydrogen) atoms. The van der Waals surface area contributed by atoms with Gasteiger partial charge in [0.05, 0.1) is 28.1 Å². The zero-order valence-corrected chi connectivity index (χ0v) is 19.1. The molecule has 0 radical (unpaired) electrons. The average Bonchev–Trinajstić information content (AvgIpc) is 2.60. The normalized spacial score (nSPS) is 11.2. The third-order valence-corrected chi connectivity index (χ3v) is 4.63. The number of amides is 1. The Balaban J connectivity index is 2.75. The number of carbonyl (C=O) groups is 3. The van der Waals surface area contributed by atoms with Crippen LogP contribution in [-0.2, 0) is 20.8 Å². The minimum atomic E-state index is -0.120. The van der Waals surface area contributed by atoms with Gasteiger partial charge in [0.25, 0.3) is 0 Å². The van der Waals surface area contributed by atoms with E-state index in [1.807, 2.05) is 24.3 Å². The summed E-state index contributed by atoms with van der Waals surface area (Å²) in [5.74, 6) is -0.136. The molecule has 0 heterocycles. The van der Waals surface area contributed by atoms with Gasteiger partial charge in [0.2, 0.25) is 5.91 Å². The Morgan fingerprint density at radius 1 is 1.00 bits per heavy atom. The molecule has 0 bridgehead atoms. The molecule has 1 aromatic carbocycles. The molecule has 0 saturated carbocycles. The number of nitrogens with one attached hydrogen (secondary N) is 3. The zero-order valence-electron chi connectivity index (χ0n) is 15.8. The molecule has 1 rings (SSSR count). The topological polar surface area (TPSA) is 87.3 Å². The van der Waals surface area contributed by atoms with E-state index in [1.54, 1.807) is 0 Å². The Kier molecular flexibility index (Phi) is 11.0. The molecule has 6 nitrogen and oxygen atoms in total. The van der Waals surface area contributed by atoms with Crippen molar-refractivity contribution in [1.29, 1.82) is 0 Å². The Morgan fingerprint density at radius 2 is 1.57 bits per heavy atom. The Hall–Kier alpha value is -1.71. The summed E-state index contributed by atoms with van der Waals surface area (Å²) in [4.78, 5) is 34.8. The van der Waals surface area contributed by atoms with Crippen molar-refractivity contribution in [3.05, 3.63) is 29.8 Å². The van der Waals surface area contributed by atoms with Crippen molar-refractivity contribution in [2.24, 2.45) is 0 Å². The van der Waals surface area contributed by atoms with Gasteiger partial charge < -0.3 is 16.0 Å². The van der Waals surface area contributed by atoms with E-state index in [0.717, 1.165) is 5.56 Å². The van der Waals surface area contributed by atoms with Gasteiger partial charge in [-0.1, -0.05) is 52.5 Å². The van der Waals surface area contributed by atoms with Crippen LogP contribution in [0.1, 0.15) is 32.3 Å². The first-order valence-electron chi connectivity index (χ1n) is 8.69. The van der Waals surface area contributed by atoms with Crippen LogP contribution in [0.15, 0.2) is 24.3 Å². The summed E-state index contributed by atoms with van der Waals surface area (Å²) in [7, 11) is 0. The third-order valence-electron chi connectivity index (χ3n) is 3.57.